The van der Waals surface area contributed by atoms with E-state index in [1.807, 2.05) is 54.6 Å². The minimum Gasteiger partial charge on any atom is -0.342 e. The number of para-hydroxylation sites is 2. The van der Waals surface area contributed by atoms with Gasteiger partial charge in [-0.2, -0.15) is 0 Å². The molecule has 2 fully saturated rings. The van der Waals surface area contributed by atoms with E-state index in [0.29, 0.717) is 18.9 Å². The molecule has 2 aliphatic rings. The molecular formula is C23H24N4O2. The number of aromatic amines is 1. The highest BCUT2D eigenvalue weighted by atomic mass is 16.2. The van der Waals surface area contributed by atoms with Gasteiger partial charge in [0.2, 0.25) is 11.8 Å². The lowest BCUT2D eigenvalue weighted by Gasteiger charge is -2.34. The second-order valence-electron chi connectivity index (χ2n) is 7.97. The number of piperidine rings is 1. The summed E-state index contributed by atoms with van der Waals surface area (Å²) in [5.74, 6) is 1.28. The third-order valence-electron chi connectivity index (χ3n) is 6.17. The first kappa shape index (κ1) is 18.1. The maximum Gasteiger partial charge on any atom is 0.247 e. The molecule has 2 amide bonds. The van der Waals surface area contributed by atoms with Gasteiger partial charge in [0.25, 0.3) is 0 Å². The average Bonchev–Trinajstić information content (AvgIpc) is 3.31. The van der Waals surface area contributed by atoms with Gasteiger partial charge in [-0.15, -0.1) is 0 Å². The largest absolute Gasteiger partial charge is 0.342 e. The Morgan fingerprint density at radius 1 is 0.966 bits per heavy atom. The van der Waals surface area contributed by atoms with Gasteiger partial charge in [0.05, 0.1) is 30.0 Å². The fraction of sp³-hybridized carbons (Fsp3) is 0.348. The van der Waals surface area contributed by atoms with Crippen molar-refractivity contribution < 1.29 is 9.59 Å². The van der Waals surface area contributed by atoms with Crippen LogP contribution in [-0.4, -0.2) is 50.7 Å². The molecule has 1 N–H and O–H groups in total. The molecule has 3 heterocycles. The Morgan fingerprint density at radius 2 is 1.69 bits per heavy atom. The molecule has 29 heavy (non-hydrogen) atoms. The van der Waals surface area contributed by atoms with Crippen molar-refractivity contribution in [2.24, 2.45) is 0 Å². The topological polar surface area (TPSA) is 69.3 Å². The van der Waals surface area contributed by atoms with Gasteiger partial charge < -0.3 is 4.98 Å². The molecule has 2 aromatic carbocycles. The highest BCUT2D eigenvalue weighted by Gasteiger charge is 2.42. The summed E-state index contributed by atoms with van der Waals surface area (Å²) in [6, 6.07) is 17.5. The number of carbonyl (C=O) groups is 2. The third-order valence-corrected chi connectivity index (χ3v) is 6.17. The summed E-state index contributed by atoms with van der Waals surface area (Å²) in [4.78, 5) is 37.2. The van der Waals surface area contributed by atoms with E-state index in [2.05, 4.69) is 9.88 Å². The minimum absolute atomic E-state index is 0.0546. The SMILES string of the molecule is O=C1C[C@@H](N2CCC(c3nc4ccccc4[nH]3)CC2)C(=O)N1Cc1ccccc1. The Bertz CT molecular complexity index is 1000. The zero-order valence-electron chi connectivity index (χ0n) is 16.3. The predicted octanol–water partition coefficient (Wildman–Crippen LogP) is 3.07. The number of hydrogen-bond donors (Lipinski definition) is 1. The second kappa shape index (κ2) is 7.44. The van der Waals surface area contributed by atoms with Crippen LogP contribution < -0.4 is 0 Å². The number of nitrogens with one attached hydrogen (secondary N) is 1. The van der Waals surface area contributed by atoms with Gasteiger partial charge in [-0.3, -0.25) is 19.4 Å². The molecular weight excluding hydrogens is 364 g/mol. The van der Waals surface area contributed by atoms with E-state index in [0.717, 1.165) is 48.4 Å². The number of amides is 2. The molecule has 2 saturated heterocycles. The molecule has 3 aromatic rings. The van der Waals surface area contributed by atoms with Crippen LogP contribution in [0, 0.1) is 0 Å². The number of carbonyl (C=O) groups excluding carboxylic acids is 2. The van der Waals surface area contributed by atoms with Crippen molar-refractivity contribution >= 4 is 22.8 Å². The summed E-state index contributed by atoms with van der Waals surface area (Å²) in [5.41, 5.74) is 3.05. The van der Waals surface area contributed by atoms with Crippen LogP contribution in [0.3, 0.4) is 0 Å². The summed E-state index contributed by atoms with van der Waals surface area (Å²) < 4.78 is 0. The summed E-state index contributed by atoms with van der Waals surface area (Å²) in [6.45, 7) is 1.99. The Balaban J connectivity index is 1.23. The number of imidazole rings is 1. The normalized spacial score (nSPS) is 21.4. The van der Waals surface area contributed by atoms with E-state index >= 15 is 0 Å². The fourth-order valence-corrected chi connectivity index (χ4v) is 4.53. The smallest absolute Gasteiger partial charge is 0.247 e. The van der Waals surface area contributed by atoms with Crippen molar-refractivity contribution in [3.8, 4) is 0 Å². The van der Waals surface area contributed by atoms with Gasteiger partial charge in [0.15, 0.2) is 0 Å². The lowest BCUT2D eigenvalue weighted by Crippen LogP contribution is -2.45. The number of imide groups is 1. The van der Waals surface area contributed by atoms with Crippen LogP contribution in [0.15, 0.2) is 54.6 Å². The van der Waals surface area contributed by atoms with E-state index in [9.17, 15) is 9.59 Å². The lowest BCUT2D eigenvalue weighted by atomic mass is 9.95. The number of benzene rings is 2. The van der Waals surface area contributed by atoms with Crippen molar-refractivity contribution in [1.29, 1.82) is 0 Å². The standard InChI is InChI=1S/C23H24N4O2/c28-21-14-20(23(29)27(21)15-16-6-2-1-3-7-16)26-12-10-17(11-13-26)22-24-18-8-4-5-9-19(18)25-22/h1-9,17,20H,10-15H2,(H,24,25)/t20-/m1/s1. The number of rotatable bonds is 4. The number of nitrogens with zero attached hydrogens (tertiary/aromatic N) is 3. The maximum atomic E-state index is 12.9. The lowest BCUT2D eigenvalue weighted by molar-refractivity contribution is -0.140. The Morgan fingerprint density at radius 3 is 2.45 bits per heavy atom. The van der Waals surface area contributed by atoms with E-state index in [4.69, 9.17) is 4.98 Å². The van der Waals surface area contributed by atoms with Crippen LogP contribution in [0.2, 0.25) is 0 Å². The first-order valence-corrected chi connectivity index (χ1v) is 10.3. The fourth-order valence-electron chi connectivity index (χ4n) is 4.53. The van der Waals surface area contributed by atoms with Crippen LogP contribution in [0.5, 0.6) is 0 Å². The third kappa shape index (κ3) is 3.44. The Hall–Kier alpha value is -2.99. The van der Waals surface area contributed by atoms with Gasteiger partial charge in [0, 0.05) is 5.92 Å². The molecule has 0 bridgehead atoms. The molecule has 148 valence electrons. The highest BCUT2D eigenvalue weighted by molar-refractivity contribution is 6.05. The summed E-state index contributed by atoms with van der Waals surface area (Å²) in [6.07, 6.45) is 2.17. The van der Waals surface area contributed by atoms with Crippen LogP contribution in [0.4, 0.5) is 0 Å². The summed E-state index contributed by atoms with van der Waals surface area (Å²) in [5, 5.41) is 0. The molecule has 1 atom stereocenters. The molecule has 0 radical (unpaired) electrons. The number of H-pyrrole nitrogens is 1. The molecule has 0 saturated carbocycles. The quantitative estimate of drug-likeness (QED) is 0.698. The van der Waals surface area contributed by atoms with Gasteiger partial charge in [0.1, 0.15) is 5.82 Å². The monoisotopic (exact) mass is 388 g/mol. The minimum atomic E-state index is -0.317. The molecule has 6 heteroatoms. The molecule has 2 aliphatic heterocycles. The van der Waals surface area contributed by atoms with Crippen molar-refractivity contribution in [1.82, 2.24) is 19.8 Å². The van der Waals surface area contributed by atoms with E-state index < -0.39 is 0 Å². The van der Waals surface area contributed by atoms with Gasteiger partial charge >= 0.3 is 0 Å². The van der Waals surface area contributed by atoms with Gasteiger partial charge in [-0.1, -0.05) is 42.5 Å². The van der Waals surface area contributed by atoms with Crippen molar-refractivity contribution in [3.05, 3.63) is 66.0 Å². The second-order valence-corrected chi connectivity index (χ2v) is 7.97. The number of hydrogen-bond acceptors (Lipinski definition) is 4. The van der Waals surface area contributed by atoms with Crippen LogP contribution in [0.1, 0.15) is 36.6 Å². The highest BCUT2D eigenvalue weighted by Crippen LogP contribution is 2.31. The zero-order valence-corrected chi connectivity index (χ0v) is 16.3. The Kier molecular flexibility index (Phi) is 4.64. The molecule has 0 aliphatic carbocycles. The van der Waals surface area contributed by atoms with Crippen LogP contribution in [0.25, 0.3) is 11.0 Å². The van der Waals surface area contributed by atoms with Gasteiger partial charge in [-0.05, 0) is 43.6 Å². The average molecular weight is 388 g/mol. The van der Waals surface area contributed by atoms with E-state index in [1.54, 1.807) is 0 Å². The molecule has 1 aromatic heterocycles. The maximum absolute atomic E-state index is 12.9. The summed E-state index contributed by atoms with van der Waals surface area (Å²) >= 11 is 0. The number of fused-ring (bicyclic) bond motifs is 1. The van der Waals surface area contributed by atoms with E-state index in [1.165, 1.54) is 4.90 Å². The van der Waals surface area contributed by atoms with Crippen LogP contribution in [-0.2, 0) is 16.1 Å². The molecule has 5 rings (SSSR count). The number of aromatic nitrogens is 2. The Labute approximate surface area is 169 Å². The van der Waals surface area contributed by atoms with Crippen molar-refractivity contribution in [3.63, 3.8) is 0 Å². The molecule has 0 spiro atoms. The van der Waals surface area contributed by atoms with Gasteiger partial charge in [-0.25, -0.2) is 4.98 Å². The van der Waals surface area contributed by atoms with Crippen LogP contribution >= 0.6 is 0 Å². The first-order valence-electron chi connectivity index (χ1n) is 10.3. The first-order chi connectivity index (χ1) is 14.2. The number of likely N-dealkylation sites (tertiary alicyclic amines) is 2. The van der Waals surface area contributed by atoms with Crippen molar-refractivity contribution in [2.75, 3.05) is 13.1 Å². The van der Waals surface area contributed by atoms with Crippen molar-refractivity contribution in [2.45, 2.75) is 37.8 Å². The molecule has 6 nitrogen and oxygen atoms in total. The predicted molar refractivity (Wildman–Crippen MR) is 110 cm³/mol. The zero-order chi connectivity index (χ0) is 19.8. The van der Waals surface area contributed by atoms with E-state index in [-0.39, 0.29) is 17.9 Å². The molecule has 0 unspecified atom stereocenters. The summed E-state index contributed by atoms with van der Waals surface area (Å²) in [7, 11) is 0.